The number of rotatable bonds is 6. The molecule has 2 aliphatic rings. The molecule has 2 amide bonds. The summed E-state index contributed by atoms with van der Waals surface area (Å²) in [4.78, 5) is 29.6. The number of carbonyl (C=O) groups excluding carboxylic acids is 2. The lowest BCUT2D eigenvalue weighted by Gasteiger charge is -2.39. The van der Waals surface area contributed by atoms with Gasteiger partial charge in [-0.3, -0.25) is 14.5 Å². The molecule has 10 heteroatoms. The largest absolute Gasteiger partial charge is 0.379 e. The van der Waals surface area contributed by atoms with Crippen LogP contribution in [-0.2, 0) is 14.3 Å². The predicted octanol–water partition coefficient (Wildman–Crippen LogP) is 1.36. The molecule has 1 aromatic carbocycles. The van der Waals surface area contributed by atoms with Crippen LogP contribution >= 0.6 is 24.8 Å². The molecule has 2 unspecified atom stereocenters. The van der Waals surface area contributed by atoms with Gasteiger partial charge in [0.2, 0.25) is 11.8 Å². The highest BCUT2D eigenvalue weighted by atomic mass is 35.5. The maximum Gasteiger partial charge on any atom is 0.244 e. The number of benzene rings is 1. The summed E-state index contributed by atoms with van der Waals surface area (Å²) in [5, 5.41) is 2.81. The van der Waals surface area contributed by atoms with Crippen LogP contribution in [0, 0.1) is 11.7 Å². The second-order valence-corrected chi connectivity index (χ2v) is 7.31. The van der Waals surface area contributed by atoms with Crippen LogP contribution in [0.5, 0.6) is 0 Å². The van der Waals surface area contributed by atoms with Crippen molar-refractivity contribution in [3.63, 3.8) is 0 Å². The first kappa shape index (κ1) is 26.6. The van der Waals surface area contributed by atoms with Gasteiger partial charge >= 0.3 is 0 Å². The Bertz CT molecular complexity index is 692. The topological polar surface area (TPSA) is 87.9 Å². The number of piperidine rings is 1. The summed E-state index contributed by atoms with van der Waals surface area (Å²) in [6, 6.07) is 5.66. The highest BCUT2D eigenvalue weighted by Gasteiger charge is 2.36. The third-order valence-electron chi connectivity index (χ3n) is 5.36. The summed E-state index contributed by atoms with van der Waals surface area (Å²) in [6.45, 7) is 4.12. The molecule has 0 aromatic heterocycles. The minimum Gasteiger partial charge on any atom is -0.379 e. The normalized spacial score (nSPS) is 20.5. The van der Waals surface area contributed by atoms with E-state index < -0.39 is 6.04 Å². The van der Waals surface area contributed by atoms with Crippen LogP contribution < -0.4 is 11.1 Å². The molecule has 2 fully saturated rings. The van der Waals surface area contributed by atoms with Gasteiger partial charge in [-0.15, -0.1) is 24.8 Å². The van der Waals surface area contributed by atoms with E-state index in [-0.39, 0.29) is 48.4 Å². The average Bonchev–Trinajstić information content (AvgIpc) is 2.73. The Morgan fingerprint density at radius 1 is 1.23 bits per heavy atom. The molecule has 3 rings (SSSR count). The molecule has 170 valence electrons. The van der Waals surface area contributed by atoms with Gasteiger partial charge in [0.15, 0.2) is 0 Å². The maximum atomic E-state index is 13.9. The van der Waals surface area contributed by atoms with Crippen molar-refractivity contribution in [2.24, 2.45) is 11.7 Å². The number of ether oxygens (including phenoxy) is 1. The lowest BCUT2D eigenvalue weighted by Crippen LogP contribution is -2.51. The van der Waals surface area contributed by atoms with Gasteiger partial charge in [-0.25, -0.2) is 4.39 Å². The van der Waals surface area contributed by atoms with E-state index in [1.54, 1.807) is 17.0 Å². The van der Waals surface area contributed by atoms with Crippen LogP contribution in [0.15, 0.2) is 24.3 Å². The summed E-state index contributed by atoms with van der Waals surface area (Å²) < 4.78 is 19.3. The number of hydrogen-bond acceptors (Lipinski definition) is 5. The van der Waals surface area contributed by atoms with E-state index in [0.717, 1.165) is 12.8 Å². The second-order valence-electron chi connectivity index (χ2n) is 7.31. The van der Waals surface area contributed by atoms with Crippen LogP contribution in [0.2, 0.25) is 0 Å². The van der Waals surface area contributed by atoms with Crippen molar-refractivity contribution in [1.82, 2.24) is 15.1 Å². The van der Waals surface area contributed by atoms with Crippen LogP contribution in [-0.4, -0.2) is 74.1 Å². The zero-order valence-electron chi connectivity index (χ0n) is 16.9. The van der Waals surface area contributed by atoms with E-state index in [4.69, 9.17) is 10.5 Å². The Morgan fingerprint density at radius 3 is 2.63 bits per heavy atom. The zero-order chi connectivity index (χ0) is 19.9. The summed E-state index contributed by atoms with van der Waals surface area (Å²) in [5.41, 5.74) is 6.10. The van der Waals surface area contributed by atoms with Gasteiger partial charge in [0.25, 0.3) is 0 Å². The van der Waals surface area contributed by atoms with E-state index in [0.29, 0.717) is 58.0 Å². The number of carbonyl (C=O) groups is 2. The molecule has 2 heterocycles. The van der Waals surface area contributed by atoms with Crippen molar-refractivity contribution >= 4 is 36.6 Å². The van der Waals surface area contributed by atoms with E-state index in [1.807, 2.05) is 4.90 Å². The van der Waals surface area contributed by atoms with E-state index in [1.165, 1.54) is 12.1 Å². The van der Waals surface area contributed by atoms with E-state index in [9.17, 15) is 14.0 Å². The Labute approximate surface area is 189 Å². The highest BCUT2D eigenvalue weighted by molar-refractivity contribution is 5.86. The zero-order valence-corrected chi connectivity index (χ0v) is 18.6. The van der Waals surface area contributed by atoms with Crippen molar-refractivity contribution < 1.29 is 18.7 Å². The third kappa shape index (κ3) is 6.78. The number of halogens is 3. The standard InChI is InChI=1S/C20H29FN4O3.2ClH/c21-17-5-1-3-15(13-17)18(24-9-11-28-12-10-24)20(27)25-8-2-4-16(14-25)19(26)23-7-6-22;;/h1,3,5,13,16,18H,2,4,6-12,14,22H2,(H,23,26);2*1H. The molecule has 0 spiro atoms. The lowest BCUT2D eigenvalue weighted by molar-refractivity contribution is -0.142. The molecule has 2 aliphatic heterocycles. The van der Waals surface area contributed by atoms with Gasteiger partial charge < -0.3 is 20.7 Å². The fraction of sp³-hybridized carbons (Fsp3) is 0.600. The number of nitrogens with one attached hydrogen (secondary N) is 1. The third-order valence-corrected chi connectivity index (χ3v) is 5.36. The summed E-state index contributed by atoms with van der Waals surface area (Å²) in [6.07, 6.45) is 1.52. The Balaban J connectivity index is 0.00000225. The van der Waals surface area contributed by atoms with Gasteiger partial charge in [0.1, 0.15) is 11.9 Å². The second kappa shape index (κ2) is 13.1. The first-order valence-corrected chi connectivity index (χ1v) is 9.94. The number of morpholine rings is 1. The molecule has 0 saturated carbocycles. The van der Waals surface area contributed by atoms with Crippen LogP contribution in [0.25, 0.3) is 0 Å². The maximum absolute atomic E-state index is 13.9. The molecule has 2 atom stereocenters. The van der Waals surface area contributed by atoms with Crippen molar-refractivity contribution in [3.05, 3.63) is 35.6 Å². The van der Waals surface area contributed by atoms with Crippen LogP contribution in [0.1, 0.15) is 24.4 Å². The average molecular weight is 465 g/mol. The van der Waals surface area contributed by atoms with Crippen molar-refractivity contribution in [1.29, 1.82) is 0 Å². The number of nitrogens with two attached hydrogens (primary N) is 1. The van der Waals surface area contributed by atoms with Gasteiger partial charge in [-0.2, -0.15) is 0 Å². The van der Waals surface area contributed by atoms with Gasteiger partial charge in [-0.1, -0.05) is 12.1 Å². The smallest absolute Gasteiger partial charge is 0.244 e. The van der Waals surface area contributed by atoms with Crippen LogP contribution in [0.4, 0.5) is 4.39 Å². The number of amides is 2. The monoisotopic (exact) mass is 464 g/mol. The minimum atomic E-state index is -0.564. The Morgan fingerprint density at radius 2 is 1.97 bits per heavy atom. The Hall–Kier alpha value is -1.45. The van der Waals surface area contributed by atoms with Crippen molar-refractivity contribution in [2.75, 3.05) is 52.5 Å². The first-order valence-electron chi connectivity index (χ1n) is 9.94. The molecular weight excluding hydrogens is 434 g/mol. The van der Waals surface area contributed by atoms with Gasteiger partial charge in [0.05, 0.1) is 19.1 Å². The SMILES string of the molecule is Cl.Cl.NCCNC(=O)C1CCCN(C(=O)C(c2cccc(F)c2)N2CCOCC2)C1. The predicted molar refractivity (Wildman–Crippen MR) is 117 cm³/mol. The number of hydrogen-bond donors (Lipinski definition) is 2. The number of likely N-dealkylation sites (tertiary alicyclic amines) is 1. The van der Waals surface area contributed by atoms with E-state index in [2.05, 4.69) is 5.32 Å². The fourth-order valence-electron chi connectivity index (χ4n) is 3.93. The molecule has 0 radical (unpaired) electrons. The molecular formula is C20H31Cl2FN4O3. The summed E-state index contributed by atoms with van der Waals surface area (Å²) >= 11 is 0. The first-order chi connectivity index (χ1) is 13.6. The van der Waals surface area contributed by atoms with E-state index >= 15 is 0 Å². The van der Waals surface area contributed by atoms with Gasteiger partial charge in [-0.05, 0) is 30.5 Å². The van der Waals surface area contributed by atoms with Crippen molar-refractivity contribution in [3.8, 4) is 0 Å². The lowest BCUT2D eigenvalue weighted by atomic mass is 9.95. The quantitative estimate of drug-likeness (QED) is 0.663. The molecule has 30 heavy (non-hydrogen) atoms. The highest BCUT2D eigenvalue weighted by Crippen LogP contribution is 2.27. The summed E-state index contributed by atoms with van der Waals surface area (Å²) in [5.74, 6) is -0.733. The fourth-order valence-corrected chi connectivity index (χ4v) is 3.93. The molecule has 3 N–H and O–H groups in total. The molecule has 7 nitrogen and oxygen atoms in total. The molecule has 0 bridgehead atoms. The van der Waals surface area contributed by atoms with Gasteiger partial charge in [0, 0.05) is 39.3 Å². The number of nitrogens with zero attached hydrogens (tertiary/aromatic N) is 2. The summed E-state index contributed by atoms with van der Waals surface area (Å²) in [7, 11) is 0. The molecule has 2 saturated heterocycles. The van der Waals surface area contributed by atoms with Crippen molar-refractivity contribution in [2.45, 2.75) is 18.9 Å². The molecule has 0 aliphatic carbocycles. The minimum absolute atomic E-state index is 0. The Kier molecular flexibility index (Phi) is 11.6. The van der Waals surface area contributed by atoms with Crippen LogP contribution in [0.3, 0.4) is 0 Å². The molecule has 1 aromatic rings.